The van der Waals surface area contributed by atoms with E-state index in [4.69, 9.17) is 21.7 Å². The van der Waals surface area contributed by atoms with Gasteiger partial charge >= 0.3 is 11.9 Å². The summed E-state index contributed by atoms with van der Waals surface area (Å²) in [6, 6.07) is 7.88. The highest BCUT2D eigenvalue weighted by Crippen LogP contribution is 2.01. The average molecular weight is 296 g/mol. The summed E-state index contributed by atoms with van der Waals surface area (Å²) in [4.78, 5) is 20.5. The Balaban J connectivity index is 0.000000400. The summed E-state index contributed by atoms with van der Waals surface area (Å²) >= 11 is 0. The van der Waals surface area contributed by atoms with Gasteiger partial charge in [-0.25, -0.2) is 0 Å². The molecule has 6 N–H and O–H groups in total. The first-order chi connectivity index (χ1) is 9.88. The van der Waals surface area contributed by atoms with Crippen LogP contribution in [0.4, 0.5) is 0 Å². The first-order valence-corrected chi connectivity index (χ1v) is 6.89. The van der Waals surface area contributed by atoms with Gasteiger partial charge in [0.15, 0.2) is 0 Å². The number of hydrogen-bond donors (Lipinski definition) is 4. The van der Waals surface area contributed by atoms with E-state index in [1.54, 1.807) is 0 Å². The van der Waals surface area contributed by atoms with Crippen molar-refractivity contribution in [2.24, 2.45) is 11.5 Å². The molecule has 0 fully saturated rings. The van der Waals surface area contributed by atoms with Gasteiger partial charge in [-0.2, -0.15) is 0 Å². The molecule has 1 aromatic rings. The molecule has 0 saturated heterocycles. The second kappa shape index (κ2) is 10.8. The Morgan fingerprint density at radius 3 is 2.00 bits per heavy atom. The minimum Gasteiger partial charge on any atom is -0.480 e. The zero-order valence-corrected chi connectivity index (χ0v) is 12.2. The lowest BCUT2D eigenvalue weighted by Gasteiger charge is -2.04. The first-order valence-electron chi connectivity index (χ1n) is 6.89. The fraction of sp³-hybridized carbons (Fsp3) is 0.467. The van der Waals surface area contributed by atoms with E-state index < -0.39 is 24.0 Å². The number of unbranched alkanes of at least 4 members (excludes halogenated alkanes) is 1. The predicted molar refractivity (Wildman–Crippen MR) is 80.9 cm³/mol. The lowest BCUT2D eigenvalue weighted by Crippen LogP contribution is -2.32. The second-order valence-corrected chi connectivity index (χ2v) is 4.72. The smallest absolute Gasteiger partial charge is 0.320 e. The van der Waals surface area contributed by atoms with Crippen LogP contribution < -0.4 is 11.5 Å². The third-order valence-corrected chi connectivity index (χ3v) is 2.80. The molecule has 0 unspecified atom stereocenters. The lowest BCUT2D eigenvalue weighted by atomic mass is 10.1. The van der Waals surface area contributed by atoms with E-state index in [1.807, 2.05) is 37.3 Å². The van der Waals surface area contributed by atoms with Gasteiger partial charge in [-0.1, -0.05) is 50.1 Å². The van der Waals surface area contributed by atoms with Gasteiger partial charge in [0.05, 0.1) is 0 Å². The van der Waals surface area contributed by atoms with Crippen LogP contribution in [0.1, 0.15) is 31.7 Å². The normalized spacial score (nSPS) is 12.7. The first kappa shape index (κ1) is 19.1. The van der Waals surface area contributed by atoms with Crippen molar-refractivity contribution in [1.82, 2.24) is 0 Å². The molecule has 6 heteroatoms. The van der Waals surface area contributed by atoms with Crippen molar-refractivity contribution >= 4 is 11.9 Å². The molecule has 1 aromatic carbocycles. The molecule has 0 aliphatic carbocycles. The van der Waals surface area contributed by atoms with Crippen molar-refractivity contribution in [3.8, 4) is 0 Å². The highest BCUT2D eigenvalue weighted by Gasteiger charge is 2.11. The van der Waals surface area contributed by atoms with Crippen LogP contribution in [0.15, 0.2) is 30.3 Å². The van der Waals surface area contributed by atoms with E-state index >= 15 is 0 Å². The molecule has 2 atom stereocenters. The Labute approximate surface area is 124 Å². The summed E-state index contributed by atoms with van der Waals surface area (Å²) in [5.74, 6) is -1.86. The molecule has 0 aliphatic heterocycles. The lowest BCUT2D eigenvalue weighted by molar-refractivity contribution is -0.139. The topological polar surface area (TPSA) is 127 Å². The molecule has 21 heavy (non-hydrogen) atoms. The third kappa shape index (κ3) is 9.59. The number of aliphatic carboxylic acids is 2. The molecule has 6 nitrogen and oxygen atoms in total. The largest absolute Gasteiger partial charge is 0.480 e. The number of hydrogen-bond acceptors (Lipinski definition) is 4. The number of nitrogens with two attached hydrogens (primary N) is 2. The highest BCUT2D eigenvalue weighted by atomic mass is 16.4. The quantitative estimate of drug-likeness (QED) is 0.599. The molecule has 0 amide bonds. The standard InChI is InChI=1S/C9H11NO2.C6H13NO2/c10-8(9(11)12)6-7-4-2-1-3-5-7;1-2-3-4-5(7)6(8)9/h1-5,8H,6,10H2,(H,11,12);5H,2-4,7H2,1H3,(H,8,9)/t8-;5-/m00/s1. The van der Waals surface area contributed by atoms with Crippen LogP contribution in [0, 0.1) is 0 Å². The van der Waals surface area contributed by atoms with Gasteiger partial charge < -0.3 is 21.7 Å². The summed E-state index contributed by atoms with van der Waals surface area (Å²) < 4.78 is 0. The van der Waals surface area contributed by atoms with Gasteiger partial charge in [-0.15, -0.1) is 0 Å². The molecule has 0 aliphatic rings. The second-order valence-electron chi connectivity index (χ2n) is 4.72. The molecule has 1 rings (SSSR count). The number of carboxylic acids is 2. The van der Waals surface area contributed by atoms with Crippen molar-refractivity contribution < 1.29 is 19.8 Å². The monoisotopic (exact) mass is 296 g/mol. The number of rotatable bonds is 7. The Hall–Kier alpha value is -1.92. The number of benzene rings is 1. The Bertz CT molecular complexity index is 423. The van der Waals surface area contributed by atoms with Crippen LogP contribution in [0.3, 0.4) is 0 Å². The maximum absolute atomic E-state index is 10.4. The molecule has 0 bridgehead atoms. The van der Waals surface area contributed by atoms with Crippen molar-refractivity contribution in [1.29, 1.82) is 0 Å². The van der Waals surface area contributed by atoms with E-state index in [0.717, 1.165) is 18.4 Å². The molecule has 0 aromatic heterocycles. The Morgan fingerprint density at radius 2 is 1.57 bits per heavy atom. The van der Waals surface area contributed by atoms with E-state index in [2.05, 4.69) is 0 Å². The maximum Gasteiger partial charge on any atom is 0.320 e. The van der Waals surface area contributed by atoms with Crippen LogP contribution in [0.2, 0.25) is 0 Å². The zero-order valence-electron chi connectivity index (χ0n) is 12.2. The summed E-state index contributed by atoms with van der Waals surface area (Å²) in [5, 5.41) is 16.8. The Morgan fingerprint density at radius 1 is 1.05 bits per heavy atom. The van der Waals surface area contributed by atoms with Crippen molar-refractivity contribution in [2.45, 2.75) is 44.7 Å². The molecule has 118 valence electrons. The van der Waals surface area contributed by atoms with Gasteiger partial charge in [-0.3, -0.25) is 9.59 Å². The van der Waals surface area contributed by atoms with Crippen molar-refractivity contribution in [3.05, 3.63) is 35.9 Å². The maximum atomic E-state index is 10.4. The molecule has 0 saturated carbocycles. The molecule has 0 heterocycles. The summed E-state index contributed by atoms with van der Waals surface area (Å²) in [6.45, 7) is 2.01. The molecular weight excluding hydrogens is 272 g/mol. The van der Waals surface area contributed by atoms with Gasteiger partial charge in [0.2, 0.25) is 0 Å². The van der Waals surface area contributed by atoms with Crippen LogP contribution in [-0.4, -0.2) is 34.2 Å². The third-order valence-electron chi connectivity index (χ3n) is 2.80. The minimum absolute atomic E-state index is 0.385. The number of carbonyl (C=O) groups is 2. The SMILES string of the molecule is CCCC[C@H](N)C(=O)O.N[C@@H](Cc1ccccc1)C(=O)O. The van der Waals surface area contributed by atoms with Gasteiger partial charge in [0.1, 0.15) is 12.1 Å². The van der Waals surface area contributed by atoms with Crippen LogP contribution in [0.25, 0.3) is 0 Å². The van der Waals surface area contributed by atoms with E-state index in [0.29, 0.717) is 12.8 Å². The van der Waals surface area contributed by atoms with Crippen LogP contribution in [-0.2, 0) is 16.0 Å². The summed E-state index contributed by atoms with van der Waals surface area (Å²) in [7, 11) is 0. The van der Waals surface area contributed by atoms with E-state index in [9.17, 15) is 9.59 Å². The number of carboxylic acid groups (broad SMARTS) is 2. The summed E-state index contributed by atoms with van der Waals surface area (Å²) in [6.07, 6.45) is 2.87. The van der Waals surface area contributed by atoms with Crippen LogP contribution >= 0.6 is 0 Å². The van der Waals surface area contributed by atoms with E-state index in [1.165, 1.54) is 0 Å². The van der Waals surface area contributed by atoms with Crippen molar-refractivity contribution in [2.75, 3.05) is 0 Å². The average Bonchev–Trinajstić information content (AvgIpc) is 2.46. The Kier molecular flexibility index (Phi) is 9.83. The molecule has 0 radical (unpaired) electrons. The van der Waals surface area contributed by atoms with Gasteiger partial charge in [0, 0.05) is 0 Å². The fourth-order valence-electron chi connectivity index (χ4n) is 1.50. The molecule has 0 spiro atoms. The van der Waals surface area contributed by atoms with E-state index in [-0.39, 0.29) is 0 Å². The van der Waals surface area contributed by atoms with Gasteiger partial charge in [-0.05, 0) is 18.4 Å². The fourth-order valence-corrected chi connectivity index (χ4v) is 1.50. The molecular formula is C15H24N2O4. The van der Waals surface area contributed by atoms with Crippen LogP contribution in [0.5, 0.6) is 0 Å². The zero-order chi connectivity index (χ0) is 16.3. The minimum atomic E-state index is -0.959. The van der Waals surface area contributed by atoms with Crippen molar-refractivity contribution in [3.63, 3.8) is 0 Å². The highest BCUT2D eigenvalue weighted by molar-refractivity contribution is 5.73. The predicted octanol–water partition coefficient (Wildman–Crippen LogP) is 1.23. The summed E-state index contributed by atoms with van der Waals surface area (Å²) in [5.41, 5.74) is 11.5. The van der Waals surface area contributed by atoms with Gasteiger partial charge in [0.25, 0.3) is 0 Å².